The topological polar surface area (TPSA) is 69.6 Å². The molecule has 0 spiro atoms. The van der Waals surface area contributed by atoms with Crippen molar-refractivity contribution < 1.29 is 14.6 Å². The molecule has 1 aliphatic heterocycles. The van der Waals surface area contributed by atoms with Gasteiger partial charge >= 0.3 is 0 Å². The number of aromatic hydroxyl groups is 1. The molecule has 0 amide bonds. The van der Waals surface area contributed by atoms with Gasteiger partial charge in [-0.2, -0.15) is 0 Å². The third-order valence-electron chi connectivity index (χ3n) is 4.99. The minimum absolute atomic E-state index is 0.00618. The number of phenols is 1. The Morgan fingerprint density at radius 3 is 2.21 bits per heavy atom. The zero-order valence-corrected chi connectivity index (χ0v) is 17.4. The number of piperazine rings is 1. The molecule has 0 unspecified atom stereocenters. The maximum atomic E-state index is 10.1. The van der Waals surface area contributed by atoms with Crippen LogP contribution in [0.3, 0.4) is 0 Å². The summed E-state index contributed by atoms with van der Waals surface area (Å²) in [7, 11) is 3.05. The van der Waals surface area contributed by atoms with Crippen LogP contribution in [0.4, 0.5) is 5.69 Å². The van der Waals surface area contributed by atoms with Crippen LogP contribution in [0.15, 0.2) is 47.5 Å². The Morgan fingerprint density at radius 2 is 1.66 bits per heavy atom. The van der Waals surface area contributed by atoms with Gasteiger partial charge in [0.15, 0.2) is 17.5 Å². The summed E-state index contributed by atoms with van der Waals surface area (Å²) in [5.74, 6) is 1.67. The summed E-state index contributed by atoms with van der Waals surface area (Å²) in [5.41, 5.74) is 2.17. The molecule has 3 rings (SSSR count). The number of benzene rings is 2. The first kappa shape index (κ1) is 20.6. The van der Waals surface area contributed by atoms with Crippen LogP contribution in [0.5, 0.6) is 17.2 Å². The van der Waals surface area contributed by atoms with Crippen LogP contribution in [-0.4, -0.2) is 62.9 Å². The van der Waals surface area contributed by atoms with Gasteiger partial charge in [0.2, 0.25) is 5.75 Å². The molecule has 2 aromatic carbocycles. The predicted molar refractivity (Wildman–Crippen MR) is 116 cm³/mol. The highest BCUT2D eigenvalue weighted by Gasteiger charge is 2.20. The summed E-state index contributed by atoms with van der Waals surface area (Å²) >= 11 is 0. The van der Waals surface area contributed by atoms with Gasteiger partial charge in [-0.05, 0) is 36.8 Å². The SMILES string of the molecule is CCNC(=NCc1cc(OC)c(O)c(OC)c1)N1CCN(c2ccccc2)CC1. The highest BCUT2D eigenvalue weighted by atomic mass is 16.5. The van der Waals surface area contributed by atoms with Crippen molar-refractivity contribution in [3.8, 4) is 17.2 Å². The largest absolute Gasteiger partial charge is 0.502 e. The number of phenolic OH excluding ortho intramolecular Hbond substituents is 1. The lowest BCUT2D eigenvalue weighted by molar-refractivity contribution is 0.339. The van der Waals surface area contributed by atoms with E-state index in [-0.39, 0.29) is 5.75 Å². The van der Waals surface area contributed by atoms with Gasteiger partial charge in [-0.25, -0.2) is 4.99 Å². The number of methoxy groups -OCH3 is 2. The Kier molecular flexibility index (Phi) is 7.05. The summed E-state index contributed by atoms with van der Waals surface area (Å²) in [4.78, 5) is 9.49. The van der Waals surface area contributed by atoms with Crippen molar-refractivity contribution in [2.45, 2.75) is 13.5 Å². The van der Waals surface area contributed by atoms with E-state index in [0.29, 0.717) is 18.0 Å². The maximum absolute atomic E-state index is 10.1. The first-order chi connectivity index (χ1) is 14.2. The standard InChI is InChI=1S/C22H30N4O3/c1-4-23-22(24-16-17-14-19(28-2)21(27)20(15-17)29-3)26-12-10-25(11-13-26)18-8-6-5-7-9-18/h5-9,14-15,27H,4,10-13,16H2,1-3H3,(H,23,24). The molecule has 0 bridgehead atoms. The van der Waals surface area contributed by atoms with E-state index in [1.165, 1.54) is 19.9 Å². The zero-order valence-electron chi connectivity index (χ0n) is 17.4. The molecule has 0 aliphatic carbocycles. The van der Waals surface area contributed by atoms with E-state index in [0.717, 1.165) is 44.2 Å². The summed E-state index contributed by atoms with van der Waals surface area (Å²) < 4.78 is 10.5. The van der Waals surface area contributed by atoms with Gasteiger partial charge in [0, 0.05) is 38.4 Å². The highest BCUT2D eigenvalue weighted by Crippen LogP contribution is 2.37. The molecule has 2 N–H and O–H groups in total. The van der Waals surface area contributed by atoms with Crippen LogP contribution in [-0.2, 0) is 6.54 Å². The van der Waals surface area contributed by atoms with Crippen molar-refractivity contribution >= 4 is 11.6 Å². The maximum Gasteiger partial charge on any atom is 0.200 e. The van der Waals surface area contributed by atoms with E-state index in [9.17, 15) is 5.11 Å². The average Bonchev–Trinajstić information content (AvgIpc) is 2.78. The van der Waals surface area contributed by atoms with E-state index in [1.54, 1.807) is 12.1 Å². The van der Waals surface area contributed by atoms with Gasteiger partial charge in [0.1, 0.15) is 0 Å². The monoisotopic (exact) mass is 398 g/mol. The Hall–Kier alpha value is -3.09. The van der Waals surface area contributed by atoms with Crippen molar-refractivity contribution in [1.29, 1.82) is 0 Å². The molecule has 1 fully saturated rings. The van der Waals surface area contributed by atoms with Gasteiger partial charge in [-0.1, -0.05) is 18.2 Å². The second-order valence-electron chi connectivity index (χ2n) is 6.83. The second kappa shape index (κ2) is 9.91. The van der Waals surface area contributed by atoms with E-state index >= 15 is 0 Å². The first-order valence-electron chi connectivity index (χ1n) is 9.93. The van der Waals surface area contributed by atoms with Gasteiger partial charge in [-0.3, -0.25) is 0 Å². The number of hydrogen-bond donors (Lipinski definition) is 2. The Balaban J connectivity index is 1.69. The number of aliphatic imine (C=N–C) groups is 1. The van der Waals surface area contributed by atoms with Crippen molar-refractivity contribution in [2.24, 2.45) is 4.99 Å². The minimum atomic E-state index is 0.00618. The quantitative estimate of drug-likeness (QED) is 0.576. The third-order valence-corrected chi connectivity index (χ3v) is 4.99. The second-order valence-corrected chi connectivity index (χ2v) is 6.83. The fraction of sp³-hybridized carbons (Fsp3) is 0.409. The van der Waals surface area contributed by atoms with Crippen LogP contribution < -0.4 is 19.7 Å². The van der Waals surface area contributed by atoms with Crippen molar-refractivity contribution in [3.63, 3.8) is 0 Å². The van der Waals surface area contributed by atoms with Crippen LogP contribution in [0.2, 0.25) is 0 Å². The zero-order chi connectivity index (χ0) is 20.6. The molecular weight excluding hydrogens is 368 g/mol. The summed E-state index contributed by atoms with van der Waals surface area (Å²) in [6.45, 7) is 7.06. The average molecular weight is 399 g/mol. The van der Waals surface area contributed by atoms with E-state index in [2.05, 4.69) is 46.3 Å². The van der Waals surface area contributed by atoms with Crippen LogP contribution >= 0.6 is 0 Å². The lowest BCUT2D eigenvalue weighted by Crippen LogP contribution is -2.52. The van der Waals surface area contributed by atoms with E-state index < -0.39 is 0 Å². The molecular formula is C22H30N4O3. The Labute approximate surface area is 172 Å². The number of rotatable bonds is 6. The number of nitrogens with one attached hydrogen (secondary N) is 1. The number of anilines is 1. The van der Waals surface area contributed by atoms with E-state index in [1.807, 2.05) is 6.07 Å². The molecule has 1 heterocycles. The Morgan fingerprint density at radius 1 is 1.03 bits per heavy atom. The summed E-state index contributed by atoms with van der Waals surface area (Å²) in [6.07, 6.45) is 0. The molecule has 156 valence electrons. The molecule has 0 radical (unpaired) electrons. The highest BCUT2D eigenvalue weighted by molar-refractivity contribution is 5.80. The summed E-state index contributed by atoms with van der Waals surface area (Å²) in [5, 5.41) is 13.5. The van der Waals surface area contributed by atoms with Crippen molar-refractivity contribution in [1.82, 2.24) is 10.2 Å². The molecule has 7 heteroatoms. The van der Waals surface area contributed by atoms with Gasteiger partial charge in [0.05, 0.1) is 20.8 Å². The number of nitrogens with zero attached hydrogens (tertiary/aromatic N) is 3. The number of para-hydroxylation sites is 1. The number of guanidine groups is 1. The third kappa shape index (κ3) is 5.04. The van der Waals surface area contributed by atoms with Crippen LogP contribution in [0, 0.1) is 0 Å². The smallest absolute Gasteiger partial charge is 0.200 e. The van der Waals surface area contributed by atoms with Gasteiger partial charge < -0.3 is 29.7 Å². The fourth-order valence-corrected chi connectivity index (χ4v) is 3.45. The van der Waals surface area contributed by atoms with E-state index in [4.69, 9.17) is 14.5 Å². The molecule has 7 nitrogen and oxygen atoms in total. The lowest BCUT2D eigenvalue weighted by atomic mass is 10.2. The van der Waals surface area contributed by atoms with Gasteiger partial charge in [-0.15, -0.1) is 0 Å². The van der Waals surface area contributed by atoms with Gasteiger partial charge in [0.25, 0.3) is 0 Å². The van der Waals surface area contributed by atoms with Crippen molar-refractivity contribution in [2.75, 3.05) is 51.8 Å². The molecule has 0 atom stereocenters. The normalized spacial score (nSPS) is 14.7. The van der Waals surface area contributed by atoms with Crippen LogP contribution in [0.25, 0.3) is 0 Å². The minimum Gasteiger partial charge on any atom is -0.502 e. The summed E-state index contributed by atoms with van der Waals surface area (Å²) in [6, 6.07) is 14.1. The van der Waals surface area contributed by atoms with Crippen molar-refractivity contribution in [3.05, 3.63) is 48.0 Å². The first-order valence-corrected chi connectivity index (χ1v) is 9.93. The lowest BCUT2D eigenvalue weighted by Gasteiger charge is -2.37. The molecule has 1 saturated heterocycles. The predicted octanol–water partition coefficient (Wildman–Crippen LogP) is 2.70. The fourth-order valence-electron chi connectivity index (χ4n) is 3.45. The number of hydrogen-bond acceptors (Lipinski definition) is 5. The van der Waals surface area contributed by atoms with Crippen LogP contribution in [0.1, 0.15) is 12.5 Å². The Bertz CT molecular complexity index is 793. The molecule has 2 aromatic rings. The molecule has 29 heavy (non-hydrogen) atoms. The molecule has 0 aromatic heterocycles. The number of ether oxygens (including phenoxy) is 2. The molecule has 1 aliphatic rings. The molecule has 0 saturated carbocycles.